The maximum Gasteiger partial charge on any atom is 0.326 e. The number of aliphatic carboxylic acids is 1. The van der Waals surface area contributed by atoms with Gasteiger partial charge in [0.05, 0.1) is 6.04 Å². The largest absolute Gasteiger partial charge is 0.480 e. The lowest BCUT2D eigenvalue weighted by molar-refractivity contribution is -0.142. The molecule has 0 aliphatic carbocycles. The number of nitrogens with one attached hydrogen (secondary N) is 1. The number of carbonyl (C=O) groups excluding carboxylic acids is 1. The summed E-state index contributed by atoms with van der Waals surface area (Å²) in [4.78, 5) is 21.8. The Morgan fingerprint density at radius 3 is 2.43 bits per heavy atom. The van der Waals surface area contributed by atoms with E-state index in [9.17, 15) is 9.59 Å². The summed E-state index contributed by atoms with van der Waals surface area (Å²) in [5, 5.41) is 11.2. The monoisotopic (exact) mass is 202 g/mol. The number of carboxylic acids is 1. The zero-order valence-corrected chi connectivity index (χ0v) is 8.62. The molecule has 0 aromatic rings. The van der Waals surface area contributed by atoms with Crippen molar-refractivity contribution in [2.45, 2.75) is 45.2 Å². The van der Waals surface area contributed by atoms with Crippen molar-refractivity contribution >= 4 is 11.9 Å². The lowest BCUT2D eigenvalue weighted by Gasteiger charge is -2.15. The van der Waals surface area contributed by atoms with E-state index in [1.165, 1.54) is 6.92 Å². The molecule has 5 nitrogen and oxygen atoms in total. The molecule has 0 aliphatic heterocycles. The van der Waals surface area contributed by atoms with Crippen molar-refractivity contribution < 1.29 is 14.7 Å². The molecule has 0 saturated carbocycles. The number of carboxylic acid groups (broad SMARTS) is 1. The number of rotatable bonds is 6. The van der Waals surface area contributed by atoms with Crippen molar-refractivity contribution in [3.05, 3.63) is 0 Å². The highest BCUT2D eigenvalue weighted by Gasteiger charge is 2.20. The Morgan fingerprint density at radius 1 is 1.50 bits per heavy atom. The molecule has 0 spiro atoms. The van der Waals surface area contributed by atoms with Crippen LogP contribution in [0.4, 0.5) is 0 Å². The van der Waals surface area contributed by atoms with Gasteiger partial charge >= 0.3 is 5.97 Å². The molecule has 2 atom stereocenters. The second kappa shape index (κ2) is 6.37. The van der Waals surface area contributed by atoms with E-state index in [1.807, 2.05) is 6.92 Å². The van der Waals surface area contributed by atoms with Crippen molar-refractivity contribution in [3.8, 4) is 0 Å². The summed E-state index contributed by atoms with van der Waals surface area (Å²) < 4.78 is 0. The molecule has 0 aromatic heterocycles. The van der Waals surface area contributed by atoms with Crippen LogP contribution in [0.1, 0.15) is 33.1 Å². The highest BCUT2D eigenvalue weighted by molar-refractivity contribution is 5.86. The average molecular weight is 202 g/mol. The van der Waals surface area contributed by atoms with Gasteiger partial charge in [-0.3, -0.25) is 4.79 Å². The van der Waals surface area contributed by atoms with Crippen LogP contribution in [-0.2, 0) is 9.59 Å². The Hall–Kier alpha value is -1.10. The molecule has 4 N–H and O–H groups in total. The number of unbranched alkanes of at least 4 members (excludes halogenated alkanes) is 1. The summed E-state index contributed by atoms with van der Waals surface area (Å²) in [7, 11) is 0. The van der Waals surface area contributed by atoms with Crippen LogP contribution in [0.15, 0.2) is 0 Å². The van der Waals surface area contributed by atoms with Crippen LogP contribution in [0.5, 0.6) is 0 Å². The lowest BCUT2D eigenvalue weighted by Crippen LogP contribution is -2.47. The normalized spacial score (nSPS) is 14.5. The predicted molar refractivity (Wildman–Crippen MR) is 52.7 cm³/mol. The van der Waals surface area contributed by atoms with Crippen molar-refractivity contribution in [2.24, 2.45) is 5.73 Å². The van der Waals surface area contributed by atoms with Crippen LogP contribution >= 0.6 is 0 Å². The van der Waals surface area contributed by atoms with Gasteiger partial charge in [-0.1, -0.05) is 19.8 Å². The fourth-order valence-electron chi connectivity index (χ4n) is 0.969. The van der Waals surface area contributed by atoms with Gasteiger partial charge in [0, 0.05) is 0 Å². The van der Waals surface area contributed by atoms with Gasteiger partial charge in [0.25, 0.3) is 0 Å². The summed E-state index contributed by atoms with van der Waals surface area (Å²) in [5.74, 6) is -1.43. The fourth-order valence-corrected chi connectivity index (χ4v) is 0.969. The molecule has 0 rings (SSSR count). The summed E-state index contributed by atoms with van der Waals surface area (Å²) in [6.45, 7) is 3.49. The van der Waals surface area contributed by atoms with Crippen molar-refractivity contribution in [1.29, 1.82) is 0 Å². The van der Waals surface area contributed by atoms with E-state index in [1.54, 1.807) is 0 Å². The van der Waals surface area contributed by atoms with Crippen molar-refractivity contribution in [1.82, 2.24) is 5.32 Å². The van der Waals surface area contributed by atoms with Gasteiger partial charge < -0.3 is 16.2 Å². The fraction of sp³-hybridized carbons (Fsp3) is 0.778. The molecule has 1 unspecified atom stereocenters. The van der Waals surface area contributed by atoms with Crippen LogP contribution in [0.2, 0.25) is 0 Å². The lowest BCUT2D eigenvalue weighted by atomic mass is 10.1. The highest BCUT2D eigenvalue weighted by atomic mass is 16.4. The molecular formula is C9H18N2O3. The molecule has 0 bridgehead atoms. The summed E-state index contributed by atoms with van der Waals surface area (Å²) >= 11 is 0. The number of nitrogens with two attached hydrogens (primary N) is 1. The van der Waals surface area contributed by atoms with E-state index in [0.717, 1.165) is 12.8 Å². The number of hydrogen-bond acceptors (Lipinski definition) is 3. The van der Waals surface area contributed by atoms with Crippen LogP contribution in [0, 0.1) is 0 Å². The van der Waals surface area contributed by atoms with Crippen molar-refractivity contribution in [2.75, 3.05) is 0 Å². The van der Waals surface area contributed by atoms with E-state index in [2.05, 4.69) is 5.32 Å². The second-order valence-electron chi connectivity index (χ2n) is 3.33. The molecule has 0 saturated heterocycles. The minimum absolute atomic E-state index is 0.423. The number of hydrogen-bond donors (Lipinski definition) is 3. The standard InChI is InChI=1S/C9H18N2O3/c1-3-4-5-7(9(13)14)11-8(12)6(2)10/h6-7H,3-5,10H2,1-2H3,(H,11,12)(H,13,14)/t6?,7-/m0/s1. The van der Waals surface area contributed by atoms with Gasteiger partial charge in [0.2, 0.25) is 5.91 Å². The zero-order valence-electron chi connectivity index (χ0n) is 8.62. The molecule has 0 radical (unpaired) electrons. The van der Waals surface area contributed by atoms with Crippen LogP contribution in [-0.4, -0.2) is 29.1 Å². The van der Waals surface area contributed by atoms with E-state index in [-0.39, 0.29) is 0 Å². The van der Waals surface area contributed by atoms with Gasteiger partial charge in [-0.2, -0.15) is 0 Å². The minimum atomic E-state index is -1.01. The maximum absolute atomic E-state index is 11.1. The Balaban J connectivity index is 4.09. The van der Waals surface area contributed by atoms with E-state index in [4.69, 9.17) is 10.8 Å². The SMILES string of the molecule is CCCC[C@H](NC(=O)C(C)N)C(=O)O. The first-order valence-electron chi connectivity index (χ1n) is 4.77. The van der Waals surface area contributed by atoms with Crippen LogP contribution in [0.25, 0.3) is 0 Å². The van der Waals surface area contributed by atoms with Crippen molar-refractivity contribution in [3.63, 3.8) is 0 Å². The highest BCUT2D eigenvalue weighted by Crippen LogP contribution is 2.00. The quantitative estimate of drug-likeness (QED) is 0.569. The third-order valence-corrected chi connectivity index (χ3v) is 1.87. The third-order valence-electron chi connectivity index (χ3n) is 1.87. The smallest absolute Gasteiger partial charge is 0.326 e. The average Bonchev–Trinajstić information content (AvgIpc) is 2.10. The molecular weight excluding hydrogens is 184 g/mol. The third kappa shape index (κ3) is 4.81. The summed E-state index contributed by atoms with van der Waals surface area (Å²) in [5.41, 5.74) is 5.31. The van der Waals surface area contributed by atoms with E-state index < -0.39 is 24.0 Å². The van der Waals surface area contributed by atoms with Gasteiger partial charge in [0.15, 0.2) is 0 Å². The molecule has 0 fully saturated rings. The van der Waals surface area contributed by atoms with Crippen LogP contribution in [0.3, 0.4) is 0 Å². The first-order chi connectivity index (χ1) is 6.49. The molecule has 0 aliphatic rings. The van der Waals surface area contributed by atoms with E-state index >= 15 is 0 Å². The summed E-state index contributed by atoms with van der Waals surface area (Å²) in [6.07, 6.45) is 2.12. The predicted octanol–water partition coefficient (Wildman–Crippen LogP) is 0.0932. The number of amides is 1. The Kier molecular flexibility index (Phi) is 5.87. The molecule has 5 heteroatoms. The topological polar surface area (TPSA) is 92.4 Å². The van der Waals surface area contributed by atoms with Gasteiger partial charge in [0.1, 0.15) is 6.04 Å². The second-order valence-corrected chi connectivity index (χ2v) is 3.33. The maximum atomic E-state index is 11.1. The van der Waals surface area contributed by atoms with E-state index in [0.29, 0.717) is 6.42 Å². The molecule has 0 heterocycles. The molecule has 82 valence electrons. The Bertz CT molecular complexity index is 204. The molecule has 0 aromatic carbocycles. The Morgan fingerprint density at radius 2 is 2.07 bits per heavy atom. The molecule has 14 heavy (non-hydrogen) atoms. The molecule has 1 amide bonds. The first kappa shape index (κ1) is 12.9. The van der Waals surface area contributed by atoms with Gasteiger partial charge in [-0.25, -0.2) is 4.79 Å². The minimum Gasteiger partial charge on any atom is -0.480 e. The van der Waals surface area contributed by atoms with Gasteiger partial charge in [-0.05, 0) is 13.3 Å². The zero-order chi connectivity index (χ0) is 11.1. The first-order valence-corrected chi connectivity index (χ1v) is 4.77. The number of carbonyl (C=O) groups is 2. The Labute approximate surface area is 83.7 Å². The van der Waals surface area contributed by atoms with Gasteiger partial charge in [-0.15, -0.1) is 0 Å². The van der Waals surface area contributed by atoms with Crippen LogP contribution < -0.4 is 11.1 Å². The summed E-state index contributed by atoms with van der Waals surface area (Å²) in [6, 6.07) is -1.48.